The lowest BCUT2D eigenvalue weighted by Gasteiger charge is -2.15. The van der Waals surface area contributed by atoms with Gasteiger partial charge in [0, 0.05) is 48.7 Å². The maximum absolute atomic E-state index is 12.7. The van der Waals surface area contributed by atoms with Crippen molar-refractivity contribution in [2.45, 2.75) is 33.2 Å². The Morgan fingerprint density at radius 2 is 2.07 bits per heavy atom. The van der Waals surface area contributed by atoms with Gasteiger partial charge in [-0.1, -0.05) is 6.92 Å². The molecule has 4 aromatic rings. The molecule has 1 aromatic carbocycles. The predicted molar refractivity (Wildman–Crippen MR) is 118 cm³/mol. The highest BCUT2D eigenvalue weighted by molar-refractivity contribution is 5.84. The number of aromatic nitrogens is 3. The molecule has 5 rings (SSSR count). The highest BCUT2D eigenvalue weighted by Gasteiger charge is 2.21. The molecular formula is C23H25N5O2. The highest BCUT2D eigenvalue weighted by Crippen LogP contribution is 2.25. The van der Waals surface area contributed by atoms with Crippen LogP contribution >= 0.6 is 0 Å². The van der Waals surface area contributed by atoms with Crippen molar-refractivity contribution >= 4 is 22.3 Å². The molecule has 0 saturated carbocycles. The number of rotatable bonds is 4. The number of aryl methyl sites for hydroxylation is 2. The fourth-order valence-corrected chi connectivity index (χ4v) is 4.29. The van der Waals surface area contributed by atoms with Crippen molar-refractivity contribution in [3.05, 3.63) is 58.5 Å². The molecule has 154 valence electrons. The minimum Gasteiger partial charge on any atom is -0.422 e. The van der Waals surface area contributed by atoms with E-state index in [2.05, 4.69) is 27.1 Å². The van der Waals surface area contributed by atoms with Crippen molar-refractivity contribution in [3.8, 4) is 11.3 Å². The molecule has 0 bridgehead atoms. The molecular weight excluding hydrogens is 378 g/mol. The Morgan fingerprint density at radius 1 is 1.20 bits per heavy atom. The zero-order valence-electron chi connectivity index (χ0n) is 17.5. The van der Waals surface area contributed by atoms with Crippen LogP contribution in [0.4, 0.5) is 5.69 Å². The number of hydrogen-bond donors (Lipinski definition) is 1. The first-order valence-corrected chi connectivity index (χ1v) is 10.4. The van der Waals surface area contributed by atoms with E-state index in [9.17, 15) is 4.79 Å². The van der Waals surface area contributed by atoms with Crippen LogP contribution in [0.3, 0.4) is 0 Å². The van der Waals surface area contributed by atoms with Crippen molar-refractivity contribution in [2.75, 3.05) is 25.0 Å². The summed E-state index contributed by atoms with van der Waals surface area (Å²) >= 11 is 0. The number of nitrogens with zero attached hydrogens (tertiary/aromatic N) is 4. The highest BCUT2D eigenvalue weighted by atomic mass is 16.4. The van der Waals surface area contributed by atoms with Crippen molar-refractivity contribution < 1.29 is 4.42 Å². The van der Waals surface area contributed by atoms with Crippen molar-refractivity contribution in [3.63, 3.8) is 0 Å². The number of imidazole rings is 1. The van der Waals surface area contributed by atoms with Gasteiger partial charge in [0.15, 0.2) is 5.65 Å². The van der Waals surface area contributed by atoms with Gasteiger partial charge in [-0.05, 0) is 45.0 Å². The summed E-state index contributed by atoms with van der Waals surface area (Å²) in [5.74, 6) is 0. The molecule has 1 fully saturated rings. The topological polar surface area (TPSA) is 75.7 Å². The number of likely N-dealkylation sites (tertiary alicyclic amines) is 1. The molecule has 1 atom stereocenters. The van der Waals surface area contributed by atoms with Gasteiger partial charge in [-0.3, -0.25) is 4.98 Å². The van der Waals surface area contributed by atoms with Crippen LogP contribution in [0.1, 0.15) is 24.7 Å². The number of fused-ring (bicyclic) bond motifs is 2. The maximum Gasteiger partial charge on any atom is 0.345 e. The molecule has 0 spiro atoms. The second-order valence-electron chi connectivity index (χ2n) is 8.05. The van der Waals surface area contributed by atoms with E-state index < -0.39 is 0 Å². The number of nitrogens with one attached hydrogen (secondary N) is 1. The molecule has 0 amide bonds. The molecule has 1 N–H and O–H groups in total. The summed E-state index contributed by atoms with van der Waals surface area (Å²) in [5.41, 5.74) is 4.69. The van der Waals surface area contributed by atoms with E-state index in [4.69, 9.17) is 4.42 Å². The number of benzene rings is 1. The van der Waals surface area contributed by atoms with Gasteiger partial charge < -0.3 is 19.0 Å². The lowest BCUT2D eigenvalue weighted by Crippen LogP contribution is -2.25. The van der Waals surface area contributed by atoms with Crippen LogP contribution in [-0.4, -0.2) is 44.9 Å². The lowest BCUT2D eigenvalue weighted by molar-refractivity contribution is 0.356. The molecule has 30 heavy (non-hydrogen) atoms. The molecule has 7 nitrogen and oxygen atoms in total. The molecule has 0 aliphatic carbocycles. The second-order valence-corrected chi connectivity index (χ2v) is 8.05. The molecule has 1 saturated heterocycles. The van der Waals surface area contributed by atoms with Crippen molar-refractivity contribution in [1.29, 1.82) is 0 Å². The number of anilines is 1. The number of likely N-dealkylation sites (N-methyl/N-ethyl adjacent to an activating group) is 1. The zero-order chi connectivity index (χ0) is 20.8. The van der Waals surface area contributed by atoms with Gasteiger partial charge >= 0.3 is 5.63 Å². The summed E-state index contributed by atoms with van der Waals surface area (Å²) in [4.78, 5) is 24.2. The normalized spacial score (nSPS) is 17.2. The third kappa shape index (κ3) is 3.35. The molecule has 3 aromatic heterocycles. The Kier molecular flexibility index (Phi) is 4.55. The van der Waals surface area contributed by atoms with E-state index in [1.165, 1.54) is 0 Å². The third-order valence-electron chi connectivity index (χ3n) is 5.83. The first-order chi connectivity index (χ1) is 14.5. The molecule has 1 aliphatic rings. The summed E-state index contributed by atoms with van der Waals surface area (Å²) in [5, 5.41) is 4.44. The van der Waals surface area contributed by atoms with E-state index in [-0.39, 0.29) is 5.63 Å². The quantitative estimate of drug-likeness (QED) is 0.525. The van der Waals surface area contributed by atoms with Crippen LogP contribution in [0.15, 0.2) is 45.9 Å². The molecule has 4 heterocycles. The van der Waals surface area contributed by atoms with Gasteiger partial charge in [0.1, 0.15) is 5.58 Å². The molecule has 1 aliphatic heterocycles. The van der Waals surface area contributed by atoms with E-state index >= 15 is 0 Å². The Balaban J connectivity index is 1.49. The maximum atomic E-state index is 12.7. The Bertz CT molecular complexity index is 1310. The van der Waals surface area contributed by atoms with Crippen LogP contribution in [0.25, 0.3) is 27.9 Å². The first-order valence-electron chi connectivity index (χ1n) is 10.4. The standard InChI is InChI=1S/C23H25N5O2/c1-4-27-8-7-18(12-27)25-17-6-5-16-9-19(23(29)30-21(16)10-17)20-13-28-11-14(2)24-15(3)22(28)26-20/h5-6,9-11,13,18,25H,4,7-8,12H2,1-3H3/t18-/m1/s1. The van der Waals surface area contributed by atoms with Crippen molar-refractivity contribution in [1.82, 2.24) is 19.3 Å². The minimum atomic E-state index is -0.386. The summed E-state index contributed by atoms with van der Waals surface area (Å²) in [7, 11) is 0. The Morgan fingerprint density at radius 3 is 2.87 bits per heavy atom. The smallest absolute Gasteiger partial charge is 0.345 e. The largest absolute Gasteiger partial charge is 0.422 e. The van der Waals surface area contributed by atoms with Gasteiger partial charge in [-0.25, -0.2) is 9.78 Å². The van der Waals surface area contributed by atoms with Crippen LogP contribution in [-0.2, 0) is 0 Å². The molecule has 0 unspecified atom stereocenters. The van der Waals surface area contributed by atoms with Gasteiger partial charge in [0.2, 0.25) is 0 Å². The van der Waals surface area contributed by atoms with Gasteiger partial charge in [0.05, 0.1) is 22.6 Å². The summed E-state index contributed by atoms with van der Waals surface area (Å²) in [6.45, 7) is 9.28. The summed E-state index contributed by atoms with van der Waals surface area (Å²) in [6.07, 6.45) is 4.88. The monoisotopic (exact) mass is 403 g/mol. The summed E-state index contributed by atoms with van der Waals surface area (Å²) in [6, 6.07) is 8.23. The van der Waals surface area contributed by atoms with Crippen LogP contribution in [0.2, 0.25) is 0 Å². The van der Waals surface area contributed by atoms with Crippen LogP contribution in [0.5, 0.6) is 0 Å². The average molecular weight is 403 g/mol. The minimum absolute atomic E-state index is 0.386. The summed E-state index contributed by atoms with van der Waals surface area (Å²) < 4.78 is 7.58. The van der Waals surface area contributed by atoms with Crippen molar-refractivity contribution in [2.24, 2.45) is 0 Å². The number of hydrogen-bond acceptors (Lipinski definition) is 6. The van der Waals surface area contributed by atoms with E-state index in [1.54, 1.807) is 0 Å². The molecule has 7 heteroatoms. The van der Waals surface area contributed by atoms with E-state index in [0.717, 1.165) is 54.2 Å². The molecule has 0 radical (unpaired) electrons. The first kappa shape index (κ1) is 18.8. The zero-order valence-corrected chi connectivity index (χ0v) is 17.5. The Hall–Kier alpha value is -3.19. The van der Waals surface area contributed by atoms with Gasteiger partial charge in [-0.2, -0.15) is 0 Å². The second kappa shape index (κ2) is 7.25. The van der Waals surface area contributed by atoms with Gasteiger partial charge in [-0.15, -0.1) is 0 Å². The van der Waals surface area contributed by atoms with E-state index in [0.29, 0.717) is 22.9 Å². The van der Waals surface area contributed by atoms with Gasteiger partial charge in [0.25, 0.3) is 0 Å². The predicted octanol–water partition coefficient (Wildman–Crippen LogP) is 3.63. The SMILES string of the molecule is CCN1CC[C@@H](Nc2ccc3cc(-c4cn5cc(C)nc(C)c5n4)c(=O)oc3c2)C1. The Labute approximate surface area is 174 Å². The average Bonchev–Trinajstić information content (AvgIpc) is 3.34. The van der Waals surface area contributed by atoms with E-state index in [1.807, 2.05) is 54.9 Å². The lowest BCUT2D eigenvalue weighted by atomic mass is 10.1. The van der Waals surface area contributed by atoms with Crippen LogP contribution < -0.4 is 10.9 Å². The fourth-order valence-electron chi connectivity index (χ4n) is 4.29. The third-order valence-corrected chi connectivity index (χ3v) is 5.83. The fraction of sp³-hybridized carbons (Fsp3) is 0.348. The van der Waals surface area contributed by atoms with Crippen LogP contribution in [0, 0.1) is 13.8 Å².